The van der Waals surface area contributed by atoms with Crippen LogP contribution < -0.4 is 14.8 Å². The third kappa shape index (κ3) is 10.3. The molecule has 2 N–H and O–H groups in total. The molecule has 1 aliphatic rings. The Bertz CT molecular complexity index is 2010. The lowest BCUT2D eigenvalue weighted by molar-refractivity contribution is -0.146. The van der Waals surface area contributed by atoms with Crippen LogP contribution in [0.4, 0.5) is 0 Å². The second-order valence-electron chi connectivity index (χ2n) is 13.0. The number of nitrogens with zero attached hydrogens (tertiary/aromatic N) is 2. The molecule has 2 atom stereocenters. The molecule has 52 heavy (non-hydrogen) atoms. The SMILES string of the molecule is COc1ccc2c(c1)c(CC(=O)OC(C)CS(=O)(=O)CC(=O)NCCCOc1cccc(CN3CCC(O)C3)c1)c(C)n2C(=O)c1ccc(Cl)cc1. The van der Waals surface area contributed by atoms with E-state index in [9.17, 15) is 27.9 Å². The molecule has 1 saturated heterocycles. The first kappa shape index (κ1) is 38.8. The van der Waals surface area contributed by atoms with Crippen LogP contribution in [0.15, 0.2) is 66.7 Å². The van der Waals surface area contributed by atoms with Gasteiger partial charge in [-0.05, 0) is 92.4 Å². The number of aromatic nitrogens is 1. The van der Waals surface area contributed by atoms with Crippen LogP contribution in [0.5, 0.6) is 11.5 Å². The number of aliphatic hydroxyl groups excluding tert-OH is 1. The number of sulfone groups is 1. The molecule has 0 bridgehead atoms. The summed E-state index contributed by atoms with van der Waals surface area (Å²) >= 11 is 6.01. The van der Waals surface area contributed by atoms with E-state index in [0.717, 1.165) is 25.1 Å². The van der Waals surface area contributed by atoms with Gasteiger partial charge in [0.1, 0.15) is 23.4 Å². The lowest BCUT2D eigenvalue weighted by Crippen LogP contribution is -2.35. The zero-order chi connectivity index (χ0) is 37.4. The van der Waals surface area contributed by atoms with Crippen molar-refractivity contribution in [3.63, 3.8) is 0 Å². The Morgan fingerprint density at radius 2 is 1.83 bits per heavy atom. The number of esters is 1. The fourth-order valence-corrected chi connectivity index (χ4v) is 7.87. The van der Waals surface area contributed by atoms with Gasteiger partial charge in [0.05, 0.1) is 37.5 Å². The molecule has 0 saturated carbocycles. The third-order valence-corrected chi connectivity index (χ3v) is 10.7. The van der Waals surface area contributed by atoms with Crippen LogP contribution in [0, 0.1) is 6.92 Å². The van der Waals surface area contributed by atoms with Crippen molar-refractivity contribution in [3.05, 3.63) is 94.1 Å². The van der Waals surface area contributed by atoms with Crippen LogP contribution in [0.3, 0.4) is 0 Å². The topological polar surface area (TPSA) is 153 Å². The van der Waals surface area contributed by atoms with Gasteiger partial charge in [-0.1, -0.05) is 23.7 Å². The largest absolute Gasteiger partial charge is 0.497 e. The van der Waals surface area contributed by atoms with E-state index in [1.807, 2.05) is 24.3 Å². The van der Waals surface area contributed by atoms with E-state index < -0.39 is 39.3 Å². The van der Waals surface area contributed by atoms with Crippen LogP contribution in [0.2, 0.25) is 5.02 Å². The van der Waals surface area contributed by atoms with Gasteiger partial charge in [-0.25, -0.2) is 8.42 Å². The first-order valence-corrected chi connectivity index (χ1v) is 19.3. The van der Waals surface area contributed by atoms with E-state index in [1.54, 1.807) is 49.4 Å². The maximum Gasteiger partial charge on any atom is 0.310 e. The first-order chi connectivity index (χ1) is 24.8. The van der Waals surface area contributed by atoms with Gasteiger partial charge in [0.2, 0.25) is 5.91 Å². The maximum atomic E-state index is 13.6. The number of carbonyl (C=O) groups excluding carboxylic acids is 3. The average Bonchev–Trinajstić information content (AvgIpc) is 3.62. The number of aliphatic hydroxyl groups is 1. The number of fused-ring (bicyclic) bond motifs is 1. The fourth-order valence-electron chi connectivity index (χ4n) is 6.35. The monoisotopic (exact) mass is 753 g/mol. The van der Waals surface area contributed by atoms with Gasteiger partial charge in [0, 0.05) is 47.8 Å². The lowest BCUT2D eigenvalue weighted by Gasteiger charge is -2.15. The quantitative estimate of drug-likeness (QED) is 0.125. The summed E-state index contributed by atoms with van der Waals surface area (Å²) < 4.78 is 43.8. The van der Waals surface area contributed by atoms with Crippen molar-refractivity contribution >= 4 is 50.1 Å². The predicted octanol–water partition coefficient (Wildman–Crippen LogP) is 4.34. The fraction of sp³-hybridized carbons (Fsp3) is 0.395. The highest BCUT2D eigenvalue weighted by Gasteiger charge is 2.26. The molecule has 4 aromatic rings. The number of β-amino-alcohol motifs (C(OH)–C–C–N with tert-alkyl or cyclic N) is 1. The van der Waals surface area contributed by atoms with E-state index in [0.29, 0.717) is 63.8 Å². The third-order valence-electron chi connectivity index (χ3n) is 8.79. The zero-order valence-electron chi connectivity index (χ0n) is 29.5. The smallest absolute Gasteiger partial charge is 0.310 e. The van der Waals surface area contributed by atoms with Crippen LogP contribution in [-0.2, 0) is 37.1 Å². The molecule has 2 heterocycles. The number of benzene rings is 3. The molecule has 1 amide bonds. The maximum absolute atomic E-state index is 13.6. The van der Waals surface area contributed by atoms with E-state index in [1.165, 1.54) is 18.6 Å². The normalized spacial score (nSPS) is 15.4. The number of ether oxygens (including phenoxy) is 3. The van der Waals surface area contributed by atoms with Crippen LogP contribution in [0.25, 0.3) is 10.9 Å². The number of methoxy groups -OCH3 is 1. The molecule has 14 heteroatoms. The molecular formula is C38H44ClN3O9S. The predicted molar refractivity (Wildman–Crippen MR) is 198 cm³/mol. The van der Waals surface area contributed by atoms with Crippen molar-refractivity contribution in [3.8, 4) is 11.5 Å². The van der Waals surface area contributed by atoms with E-state index in [2.05, 4.69) is 10.2 Å². The van der Waals surface area contributed by atoms with E-state index >= 15 is 0 Å². The Kier molecular flexibility index (Phi) is 13.0. The number of nitrogens with one attached hydrogen (secondary N) is 1. The summed E-state index contributed by atoms with van der Waals surface area (Å²) in [6.45, 7) is 5.97. The molecular weight excluding hydrogens is 710 g/mol. The van der Waals surface area contributed by atoms with Crippen molar-refractivity contribution < 1.29 is 42.1 Å². The number of amides is 1. The molecule has 0 radical (unpaired) electrons. The second-order valence-corrected chi connectivity index (χ2v) is 15.5. The number of halogens is 1. The molecule has 0 aliphatic carbocycles. The molecule has 3 aromatic carbocycles. The molecule has 1 aromatic heterocycles. The van der Waals surface area contributed by atoms with Crippen LogP contribution in [0.1, 0.15) is 46.9 Å². The summed E-state index contributed by atoms with van der Waals surface area (Å²) in [7, 11) is -2.40. The molecule has 0 spiro atoms. The Labute approximate surface area is 308 Å². The lowest BCUT2D eigenvalue weighted by atomic mass is 10.1. The Morgan fingerprint density at radius 3 is 2.54 bits per heavy atom. The van der Waals surface area contributed by atoms with E-state index in [-0.39, 0.29) is 25.0 Å². The summed E-state index contributed by atoms with van der Waals surface area (Å²) in [6.07, 6.45) is -0.285. The van der Waals surface area contributed by atoms with Crippen molar-refractivity contribution in [2.45, 2.75) is 51.9 Å². The van der Waals surface area contributed by atoms with Gasteiger partial charge in [-0.3, -0.25) is 23.9 Å². The van der Waals surface area contributed by atoms with Crippen molar-refractivity contribution in [1.29, 1.82) is 0 Å². The minimum atomic E-state index is -3.91. The highest BCUT2D eigenvalue weighted by Crippen LogP contribution is 2.31. The highest BCUT2D eigenvalue weighted by molar-refractivity contribution is 7.92. The molecule has 12 nitrogen and oxygen atoms in total. The van der Waals surface area contributed by atoms with Gasteiger partial charge in [-0.2, -0.15) is 0 Å². The summed E-state index contributed by atoms with van der Waals surface area (Å²) in [5.74, 6) is -1.71. The summed E-state index contributed by atoms with van der Waals surface area (Å²) in [6, 6.07) is 19.4. The molecule has 2 unspecified atom stereocenters. The minimum Gasteiger partial charge on any atom is -0.497 e. The molecule has 1 fully saturated rings. The number of rotatable bonds is 16. The van der Waals surface area contributed by atoms with E-state index in [4.69, 9.17) is 25.8 Å². The van der Waals surface area contributed by atoms with Gasteiger partial charge in [0.15, 0.2) is 9.84 Å². The summed E-state index contributed by atoms with van der Waals surface area (Å²) in [5.41, 5.74) is 3.11. The standard InChI is InChI=1S/C38H44ClN3O9S/c1-25(23-52(47,48)24-36(44)40-15-5-17-50-32-7-4-6-27(18-32)21-41-16-14-30(43)22-41)51-37(45)20-33-26(2)42(35-13-12-31(49-3)19-34(33)35)38(46)28-8-10-29(39)11-9-28/h4,6-13,18-19,25,30,43H,5,14-17,20-24H2,1-3H3,(H,40,44). The minimum absolute atomic E-state index is 0.225. The van der Waals surface area contributed by atoms with Crippen molar-refractivity contribution in [2.24, 2.45) is 0 Å². The Hall–Kier alpha value is -4.43. The van der Waals surface area contributed by atoms with Gasteiger partial charge in [-0.15, -0.1) is 0 Å². The van der Waals surface area contributed by atoms with Crippen molar-refractivity contribution in [1.82, 2.24) is 14.8 Å². The molecule has 278 valence electrons. The van der Waals surface area contributed by atoms with Crippen molar-refractivity contribution in [2.75, 3.05) is 44.9 Å². The Balaban J connectivity index is 1.09. The number of hydrogen-bond donors (Lipinski definition) is 2. The van der Waals surface area contributed by atoms with Crippen LogP contribution >= 0.6 is 11.6 Å². The molecule has 1 aliphatic heterocycles. The van der Waals surface area contributed by atoms with Gasteiger partial charge in [0.25, 0.3) is 5.91 Å². The first-order valence-electron chi connectivity index (χ1n) is 17.1. The zero-order valence-corrected chi connectivity index (χ0v) is 31.0. The number of carbonyl (C=O) groups is 3. The van der Waals surface area contributed by atoms with Gasteiger partial charge < -0.3 is 24.6 Å². The second kappa shape index (κ2) is 17.4. The summed E-state index contributed by atoms with van der Waals surface area (Å²) in [5, 5.41) is 13.5. The summed E-state index contributed by atoms with van der Waals surface area (Å²) in [4.78, 5) is 41.3. The number of likely N-dealkylation sites (tertiary alicyclic amines) is 1. The highest BCUT2D eigenvalue weighted by atomic mass is 35.5. The van der Waals surface area contributed by atoms with Crippen LogP contribution in [-0.4, -0.2) is 97.8 Å². The molecule has 5 rings (SSSR count). The average molecular weight is 754 g/mol. The number of hydrogen-bond acceptors (Lipinski definition) is 10. The van der Waals surface area contributed by atoms with Gasteiger partial charge >= 0.3 is 5.97 Å². The Morgan fingerprint density at radius 1 is 1.06 bits per heavy atom.